The number of carbonyl (C=O) groups excluding carboxylic acids is 1. The molecule has 2 atom stereocenters. The quantitative estimate of drug-likeness (QED) is 0.722. The monoisotopic (exact) mass is 276 g/mol. The van der Waals surface area contributed by atoms with E-state index in [-0.39, 0.29) is 29.1 Å². The normalized spacial score (nSPS) is 23.9. The highest BCUT2D eigenvalue weighted by molar-refractivity contribution is 6.00. The number of carbonyl (C=O) groups is 2. The van der Waals surface area contributed by atoms with Crippen LogP contribution in [0.25, 0.3) is 0 Å². The van der Waals surface area contributed by atoms with Gasteiger partial charge >= 0.3 is 12.0 Å². The van der Waals surface area contributed by atoms with Gasteiger partial charge in [-0.25, -0.2) is 9.59 Å². The lowest BCUT2D eigenvalue weighted by atomic mass is 10.1. The van der Waals surface area contributed by atoms with E-state index in [4.69, 9.17) is 5.11 Å². The maximum absolute atomic E-state index is 12.2. The van der Waals surface area contributed by atoms with Crippen LogP contribution in [-0.4, -0.2) is 39.7 Å². The van der Waals surface area contributed by atoms with Crippen LogP contribution in [0.4, 0.5) is 10.5 Å². The Bertz CT molecular complexity index is 572. The van der Waals surface area contributed by atoms with Gasteiger partial charge in [-0.3, -0.25) is 0 Å². The summed E-state index contributed by atoms with van der Waals surface area (Å²) in [5, 5.41) is 21.1. The largest absolute Gasteiger partial charge is 0.508 e. The van der Waals surface area contributed by atoms with Crippen molar-refractivity contribution in [1.29, 1.82) is 0 Å². The van der Waals surface area contributed by atoms with Crippen molar-refractivity contribution in [3.63, 3.8) is 0 Å². The minimum atomic E-state index is -1.18. The number of rotatable bonds is 2. The Balaban J connectivity index is 1.78. The number of piperidine rings is 1. The smallest absolute Gasteiger partial charge is 0.337 e. The molecule has 2 aliphatic rings. The topological polar surface area (TPSA) is 89.9 Å². The van der Waals surface area contributed by atoms with Gasteiger partial charge in [-0.2, -0.15) is 0 Å². The van der Waals surface area contributed by atoms with Crippen LogP contribution in [0, 0.1) is 5.92 Å². The molecule has 1 aromatic carbocycles. The highest BCUT2D eigenvalue weighted by Gasteiger charge is 2.40. The predicted octanol–water partition coefficient (Wildman–Crippen LogP) is 2.11. The molecule has 2 bridgehead atoms. The van der Waals surface area contributed by atoms with Gasteiger partial charge in [0.1, 0.15) is 5.75 Å². The van der Waals surface area contributed by atoms with Crippen molar-refractivity contribution in [2.24, 2.45) is 5.92 Å². The third-order valence-corrected chi connectivity index (χ3v) is 4.15. The number of fused-ring (bicyclic) bond motifs is 2. The number of carboxylic acids is 1. The van der Waals surface area contributed by atoms with E-state index < -0.39 is 5.97 Å². The summed E-state index contributed by atoms with van der Waals surface area (Å²) in [5.41, 5.74) is 0.103. The first-order valence-corrected chi connectivity index (χ1v) is 6.68. The van der Waals surface area contributed by atoms with Crippen LogP contribution in [0.2, 0.25) is 0 Å². The molecule has 2 amide bonds. The Hall–Kier alpha value is -2.24. The van der Waals surface area contributed by atoms with Gasteiger partial charge in [-0.15, -0.1) is 0 Å². The first kappa shape index (κ1) is 12.8. The molecule has 1 saturated carbocycles. The number of nitrogens with one attached hydrogen (secondary N) is 1. The van der Waals surface area contributed by atoms with Gasteiger partial charge in [0.05, 0.1) is 11.3 Å². The molecule has 0 aromatic heterocycles. The molecule has 1 aromatic rings. The average molecular weight is 276 g/mol. The zero-order valence-electron chi connectivity index (χ0n) is 10.9. The fourth-order valence-corrected chi connectivity index (χ4v) is 3.18. The minimum absolute atomic E-state index is 0.109. The molecular formula is C14H16N2O4. The SMILES string of the molecule is O=C(O)c1cc(O)ccc1NC(=O)N1CC2CCC1C2. The maximum atomic E-state index is 12.2. The zero-order valence-corrected chi connectivity index (χ0v) is 10.9. The zero-order chi connectivity index (χ0) is 14.3. The molecule has 1 heterocycles. The first-order chi connectivity index (χ1) is 9.54. The summed E-state index contributed by atoms with van der Waals surface area (Å²) in [6.07, 6.45) is 3.25. The van der Waals surface area contributed by atoms with E-state index in [1.54, 1.807) is 4.90 Å². The van der Waals surface area contributed by atoms with Crippen molar-refractivity contribution in [3.8, 4) is 5.75 Å². The van der Waals surface area contributed by atoms with E-state index >= 15 is 0 Å². The van der Waals surface area contributed by atoms with Gasteiger partial charge in [0, 0.05) is 12.6 Å². The van der Waals surface area contributed by atoms with Gasteiger partial charge in [-0.1, -0.05) is 0 Å². The Labute approximate surface area is 116 Å². The van der Waals surface area contributed by atoms with Crippen LogP contribution in [0.15, 0.2) is 18.2 Å². The first-order valence-electron chi connectivity index (χ1n) is 6.68. The summed E-state index contributed by atoms with van der Waals surface area (Å²) < 4.78 is 0. The van der Waals surface area contributed by atoms with Gasteiger partial charge in [0.25, 0.3) is 0 Å². The van der Waals surface area contributed by atoms with E-state index in [1.165, 1.54) is 18.6 Å². The molecule has 20 heavy (non-hydrogen) atoms. The number of phenolic OH excluding ortho intramolecular Hbond substituents is 1. The Kier molecular flexibility index (Phi) is 3.00. The molecule has 3 rings (SSSR count). The number of anilines is 1. The van der Waals surface area contributed by atoms with Gasteiger partial charge < -0.3 is 20.4 Å². The number of amides is 2. The van der Waals surface area contributed by atoms with Crippen LogP contribution < -0.4 is 5.32 Å². The van der Waals surface area contributed by atoms with Crippen molar-refractivity contribution in [1.82, 2.24) is 4.90 Å². The van der Waals surface area contributed by atoms with E-state index in [1.807, 2.05) is 0 Å². The van der Waals surface area contributed by atoms with E-state index in [0.29, 0.717) is 5.92 Å². The molecule has 6 heteroatoms. The molecule has 3 N–H and O–H groups in total. The highest BCUT2D eigenvalue weighted by atomic mass is 16.4. The van der Waals surface area contributed by atoms with Gasteiger partial charge in [-0.05, 0) is 43.4 Å². The van der Waals surface area contributed by atoms with E-state index in [0.717, 1.165) is 25.5 Å². The number of hydrogen-bond donors (Lipinski definition) is 3. The van der Waals surface area contributed by atoms with Crippen LogP contribution in [0.5, 0.6) is 5.75 Å². The molecule has 1 aliphatic heterocycles. The summed E-state index contributed by atoms with van der Waals surface area (Å²) in [4.78, 5) is 25.1. The predicted molar refractivity (Wildman–Crippen MR) is 71.9 cm³/mol. The molecule has 106 valence electrons. The number of nitrogens with zero attached hydrogens (tertiary/aromatic N) is 1. The van der Waals surface area contributed by atoms with Crippen molar-refractivity contribution in [2.75, 3.05) is 11.9 Å². The summed E-state index contributed by atoms with van der Waals surface area (Å²) in [5.74, 6) is -0.732. The highest BCUT2D eigenvalue weighted by Crippen LogP contribution is 2.37. The van der Waals surface area contributed by atoms with Crippen LogP contribution in [0.1, 0.15) is 29.6 Å². The van der Waals surface area contributed by atoms with E-state index in [9.17, 15) is 14.7 Å². The van der Waals surface area contributed by atoms with Crippen molar-refractivity contribution < 1.29 is 19.8 Å². The van der Waals surface area contributed by atoms with Gasteiger partial charge in [0.15, 0.2) is 0 Å². The lowest BCUT2D eigenvalue weighted by molar-refractivity contribution is 0.0697. The Morgan fingerprint density at radius 2 is 2.10 bits per heavy atom. The molecular weight excluding hydrogens is 260 g/mol. The molecule has 2 fully saturated rings. The summed E-state index contributed by atoms with van der Waals surface area (Å²) in [7, 11) is 0. The second-order valence-corrected chi connectivity index (χ2v) is 5.45. The number of aromatic hydroxyl groups is 1. The second kappa shape index (κ2) is 4.70. The Morgan fingerprint density at radius 3 is 2.70 bits per heavy atom. The molecule has 2 unspecified atom stereocenters. The lowest BCUT2D eigenvalue weighted by Gasteiger charge is -2.27. The summed E-state index contributed by atoms with van der Waals surface area (Å²) in [6.45, 7) is 0.747. The van der Waals surface area contributed by atoms with Crippen LogP contribution >= 0.6 is 0 Å². The van der Waals surface area contributed by atoms with Crippen LogP contribution in [0.3, 0.4) is 0 Å². The summed E-state index contributed by atoms with van der Waals surface area (Å²) >= 11 is 0. The third kappa shape index (κ3) is 2.17. The number of aromatic carboxylic acids is 1. The van der Waals surface area contributed by atoms with E-state index in [2.05, 4.69) is 5.32 Å². The molecule has 1 aliphatic carbocycles. The number of phenols is 1. The Morgan fingerprint density at radius 1 is 1.30 bits per heavy atom. The number of urea groups is 1. The molecule has 0 spiro atoms. The standard InChI is InChI=1S/C14H16N2O4/c17-10-3-4-12(11(6-10)13(18)19)15-14(20)16-7-8-1-2-9(16)5-8/h3-4,6,8-9,17H,1-2,5,7H2,(H,15,20)(H,18,19). The second-order valence-electron chi connectivity index (χ2n) is 5.45. The number of carboxylic acid groups (broad SMARTS) is 1. The fraction of sp³-hybridized carbons (Fsp3) is 0.429. The lowest BCUT2D eigenvalue weighted by Crippen LogP contribution is -2.40. The van der Waals surface area contributed by atoms with Gasteiger partial charge in [0.2, 0.25) is 0 Å². The molecule has 1 saturated heterocycles. The average Bonchev–Trinajstić information content (AvgIpc) is 3.03. The van der Waals surface area contributed by atoms with Crippen molar-refractivity contribution >= 4 is 17.7 Å². The molecule has 0 radical (unpaired) electrons. The third-order valence-electron chi connectivity index (χ3n) is 4.15. The number of hydrogen-bond acceptors (Lipinski definition) is 3. The van der Waals surface area contributed by atoms with Crippen molar-refractivity contribution in [2.45, 2.75) is 25.3 Å². The molecule has 6 nitrogen and oxygen atoms in total. The fourth-order valence-electron chi connectivity index (χ4n) is 3.18. The summed E-state index contributed by atoms with van der Waals surface area (Å²) in [6, 6.07) is 3.92. The maximum Gasteiger partial charge on any atom is 0.337 e. The number of likely N-dealkylation sites (tertiary alicyclic amines) is 1. The van der Waals surface area contributed by atoms with Crippen molar-refractivity contribution in [3.05, 3.63) is 23.8 Å². The number of benzene rings is 1. The minimum Gasteiger partial charge on any atom is -0.508 e. The van der Waals surface area contributed by atoms with Crippen LogP contribution in [-0.2, 0) is 0 Å².